The van der Waals surface area contributed by atoms with E-state index in [0.717, 1.165) is 23.0 Å². The summed E-state index contributed by atoms with van der Waals surface area (Å²) in [6, 6.07) is 16.6. The molecule has 0 saturated heterocycles. The molecule has 158 valence electrons. The van der Waals surface area contributed by atoms with Crippen LogP contribution in [0.3, 0.4) is 0 Å². The predicted molar refractivity (Wildman–Crippen MR) is 120 cm³/mol. The van der Waals surface area contributed by atoms with Crippen LogP contribution < -0.4 is 10.6 Å². The molecule has 0 saturated carbocycles. The fourth-order valence-electron chi connectivity index (χ4n) is 3.29. The highest BCUT2D eigenvalue weighted by atomic mass is 16.6. The molecule has 1 unspecified atom stereocenters. The Morgan fingerprint density at radius 3 is 2.47 bits per heavy atom. The Hall–Kier alpha value is -3.28. The molecular weight excluding hydrogens is 378 g/mol. The standard InChI is InChI=1S/C24H29N3O3/c1-5-27-14-13-18-16-19(11-12-21(18)27)25-22(28)20(15-17-9-7-6-8-10-17)26-23(29)30-24(2,3)4/h6-14,16,20H,5,15H2,1-4H3,(H,25,28)(H,26,29). The van der Waals surface area contributed by atoms with Gasteiger partial charge in [0.1, 0.15) is 11.6 Å². The zero-order chi connectivity index (χ0) is 21.7. The van der Waals surface area contributed by atoms with Crippen molar-refractivity contribution in [3.63, 3.8) is 0 Å². The average Bonchev–Trinajstić information content (AvgIpc) is 3.09. The van der Waals surface area contributed by atoms with E-state index in [9.17, 15) is 9.59 Å². The number of nitrogens with one attached hydrogen (secondary N) is 2. The van der Waals surface area contributed by atoms with Crippen LogP contribution in [-0.4, -0.2) is 28.2 Å². The molecule has 0 aliphatic rings. The largest absolute Gasteiger partial charge is 0.444 e. The summed E-state index contributed by atoms with van der Waals surface area (Å²) in [6.07, 6.45) is 1.77. The number of rotatable bonds is 6. The van der Waals surface area contributed by atoms with Crippen molar-refractivity contribution in [2.75, 3.05) is 5.32 Å². The zero-order valence-corrected chi connectivity index (χ0v) is 17.9. The van der Waals surface area contributed by atoms with E-state index in [1.807, 2.05) is 60.8 Å². The molecule has 2 amide bonds. The molecule has 0 bridgehead atoms. The maximum absolute atomic E-state index is 13.0. The number of nitrogens with zero attached hydrogens (tertiary/aromatic N) is 1. The number of fused-ring (bicyclic) bond motifs is 1. The molecule has 2 aromatic carbocycles. The van der Waals surface area contributed by atoms with Crippen molar-refractivity contribution in [1.82, 2.24) is 9.88 Å². The molecular formula is C24H29N3O3. The Morgan fingerprint density at radius 2 is 1.80 bits per heavy atom. The van der Waals surface area contributed by atoms with Crippen molar-refractivity contribution < 1.29 is 14.3 Å². The maximum Gasteiger partial charge on any atom is 0.408 e. The molecule has 3 aromatic rings. The lowest BCUT2D eigenvalue weighted by Crippen LogP contribution is -2.47. The number of carbonyl (C=O) groups excluding carboxylic acids is 2. The van der Waals surface area contributed by atoms with Gasteiger partial charge in [0.05, 0.1) is 0 Å². The number of benzene rings is 2. The van der Waals surface area contributed by atoms with Crippen LogP contribution in [0.2, 0.25) is 0 Å². The highest BCUT2D eigenvalue weighted by molar-refractivity contribution is 5.98. The number of anilines is 1. The number of alkyl carbamates (subject to hydrolysis) is 1. The van der Waals surface area contributed by atoms with Crippen LogP contribution >= 0.6 is 0 Å². The van der Waals surface area contributed by atoms with Crippen LogP contribution in [0.15, 0.2) is 60.8 Å². The molecule has 30 heavy (non-hydrogen) atoms. The van der Waals surface area contributed by atoms with E-state index < -0.39 is 17.7 Å². The number of carbonyl (C=O) groups is 2. The van der Waals surface area contributed by atoms with Gasteiger partial charge in [0.15, 0.2) is 0 Å². The van der Waals surface area contributed by atoms with Gasteiger partial charge in [-0.2, -0.15) is 0 Å². The lowest BCUT2D eigenvalue weighted by atomic mass is 10.1. The SMILES string of the molecule is CCn1ccc2cc(NC(=O)C(Cc3ccccc3)NC(=O)OC(C)(C)C)ccc21. The van der Waals surface area contributed by atoms with Gasteiger partial charge in [-0.25, -0.2) is 4.79 Å². The van der Waals surface area contributed by atoms with E-state index in [4.69, 9.17) is 4.74 Å². The molecule has 1 atom stereocenters. The Labute approximate surface area is 177 Å². The first-order chi connectivity index (χ1) is 14.2. The van der Waals surface area contributed by atoms with Gasteiger partial charge in [0.25, 0.3) is 0 Å². The number of hydrogen-bond acceptors (Lipinski definition) is 3. The third-order valence-corrected chi connectivity index (χ3v) is 4.67. The van der Waals surface area contributed by atoms with Gasteiger partial charge in [-0.1, -0.05) is 30.3 Å². The first-order valence-corrected chi connectivity index (χ1v) is 10.2. The van der Waals surface area contributed by atoms with E-state index in [1.165, 1.54) is 0 Å². The van der Waals surface area contributed by atoms with Crippen LogP contribution in [0.25, 0.3) is 10.9 Å². The molecule has 6 heteroatoms. The normalized spacial score (nSPS) is 12.4. The Balaban J connectivity index is 1.77. The van der Waals surface area contributed by atoms with Gasteiger partial charge in [0, 0.05) is 35.8 Å². The first-order valence-electron chi connectivity index (χ1n) is 10.2. The summed E-state index contributed by atoms with van der Waals surface area (Å²) in [5.41, 5.74) is 2.10. The molecule has 0 radical (unpaired) electrons. The summed E-state index contributed by atoms with van der Waals surface area (Å²) in [4.78, 5) is 25.3. The summed E-state index contributed by atoms with van der Waals surface area (Å²) >= 11 is 0. The molecule has 0 aliphatic carbocycles. The van der Waals surface area contributed by atoms with Crippen LogP contribution in [0, 0.1) is 0 Å². The van der Waals surface area contributed by atoms with Crippen LogP contribution in [0.5, 0.6) is 0 Å². The minimum Gasteiger partial charge on any atom is -0.444 e. The van der Waals surface area contributed by atoms with Gasteiger partial charge in [0.2, 0.25) is 5.91 Å². The monoisotopic (exact) mass is 407 g/mol. The number of amides is 2. The highest BCUT2D eigenvalue weighted by Gasteiger charge is 2.25. The predicted octanol–water partition coefficient (Wildman–Crippen LogP) is 4.74. The summed E-state index contributed by atoms with van der Waals surface area (Å²) in [5, 5.41) is 6.70. The number of aryl methyl sites for hydroxylation is 1. The number of aromatic nitrogens is 1. The summed E-state index contributed by atoms with van der Waals surface area (Å²) < 4.78 is 7.49. The van der Waals surface area contributed by atoms with Crippen molar-refractivity contribution in [2.45, 2.75) is 52.3 Å². The molecule has 1 heterocycles. The smallest absolute Gasteiger partial charge is 0.408 e. The number of ether oxygens (including phenoxy) is 1. The van der Waals surface area contributed by atoms with Crippen molar-refractivity contribution >= 4 is 28.6 Å². The first kappa shape index (κ1) is 21.4. The fraction of sp³-hybridized carbons (Fsp3) is 0.333. The van der Waals surface area contributed by atoms with E-state index in [1.54, 1.807) is 20.8 Å². The van der Waals surface area contributed by atoms with E-state index in [0.29, 0.717) is 12.1 Å². The van der Waals surface area contributed by atoms with Gasteiger partial charge >= 0.3 is 6.09 Å². The van der Waals surface area contributed by atoms with Crippen molar-refractivity contribution in [1.29, 1.82) is 0 Å². The van der Waals surface area contributed by atoms with Crippen LogP contribution in [-0.2, 0) is 22.5 Å². The zero-order valence-electron chi connectivity index (χ0n) is 17.9. The Bertz CT molecular complexity index is 1020. The van der Waals surface area contributed by atoms with Gasteiger partial charge in [-0.3, -0.25) is 4.79 Å². The summed E-state index contributed by atoms with van der Waals surface area (Å²) in [7, 11) is 0. The third kappa shape index (κ3) is 5.63. The Morgan fingerprint density at radius 1 is 1.07 bits per heavy atom. The molecule has 3 rings (SSSR count). The van der Waals surface area contributed by atoms with Crippen LogP contribution in [0.1, 0.15) is 33.3 Å². The lowest BCUT2D eigenvalue weighted by molar-refractivity contribution is -0.118. The second kappa shape index (κ2) is 9.03. The highest BCUT2D eigenvalue weighted by Crippen LogP contribution is 2.21. The topological polar surface area (TPSA) is 72.4 Å². The van der Waals surface area contributed by atoms with E-state index >= 15 is 0 Å². The van der Waals surface area contributed by atoms with E-state index in [2.05, 4.69) is 22.1 Å². The summed E-state index contributed by atoms with van der Waals surface area (Å²) in [5.74, 6) is -0.293. The maximum atomic E-state index is 13.0. The minimum absolute atomic E-state index is 0.293. The van der Waals surface area contributed by atoms with Crippen molar-refractivity contribution in [3.05, 3.63) is 66.4 Å². The molecule has 0 spiro atoms. The lowest BCUT2D eigenvalue weighted by Gasteiger charge is -2.23. The molecule has 0 aliphatic heterocycles. The van der Waals surface area contributed by atoms with Crippen molar-refractivity contribution in [2.24, 2.45) is 0 Å². The van der Waals surface area contributed by atoms with Gasteiger partial charge in [-0.05, 0) is 57.5 Å². The van der Waals surface area contributed by atoms with Crippen molar-refractivity contribution in [3.8, 4) is 0 Å². The number of hydrogen-bond donors (Lipinski definition) is 2. The minimum atomic E-state index is -0.766. The fourth-order valence-corrected chi connectivity index (χ4v) is 3.29. The molecule has 1 aromatic heterocycles. The second-order valence-corrected chi connectivity index (χ2v) is 8.25. The molecule has 2 N–H and O–H groups in total. The molecule has 0 fully saturated rings. The Kier molecular flexibility index (Phi) is 6.45. The molecule has 6 nitrogen and oxygen atoms in total. The summed E-state index contributed by atoms with van der Waals surface area (Å²) in [6.45, 7) is 8.34. The quantitative estimate of drug-likeness (QED) is 0.620. The van der Waals surface area contributed by atoms with Gasteiger partial charge in [-0.15, -0.1) is 0 Å². The second-order valence-electron chi connectivity index (χ2n) is 8.25. The average molecular weight is 408 g/mol. The van der Waals surface area contributed by atoms with E-state index in [-0.39, 0.29) is 5.91 Å². The third-order valence-electron chi connectivity index (χ3n) is 4.67. The van der Waals surface area contributed by atoms with Gasteiger partial charge < -0.3 is 19.9 Å². The van der Waals surface area contributed by atoms with Crippen LogP contribution in [0.4, 0.5) is 10.5 Å².